The lowest BCUT2D eigenvalue weighted by atomic mass is 9.80. The quantitative estimate of drug-likeness (QED) is 0.730. The van der Waals surface area contributed by atoms with Crippen LogP contribution in [0.5, 0.6) is 0 Å². The van der Waals surface area contributed by atoms with Crippen LogP contribution in [0, 0.1) is 11.3 Å². The normalized spacial score (nSPS) is 21.4. The van der Waals surface area contributed by atoms with Crippen molar-refractivity contribution in [2.75, 3.05) is 26.7 Å². The first-order valence-electron chi connectivity index (χ1n) is 6.97. The standard InChI is InChI=1S/C14H30N2/c1-13(2)10-16(3)12-14(11-15)8-6-4-5-7-9-14/h13H,4-12,15H2,1-3H3. The zero-order valence-electron chi connectivity index (χ0n) is 11.5. The molecule has 1 rings (SSSR count). The Morgan fingerprint density at radius 2 is 1.69 bits per heavy atom. The summed E-state index contributed by atoms with van der Waals surface area (Å²) in [6.07, 6.45) is 8.27. The third kappa shape index (κ3) is 4.42. The van der Waals surface area contributed by atoms with E-state index in [4.69, 9.17) is 5.73 Å². The van der Waals surface area contributed by atoms with E-state index < -0.39 is 0 Å². The molecule has 1 aliphatic rings. The summed E-state index contributed by atoms with van der Waals surface area (Å²) >= 11 is 0. The van der Waals surface area contributed by atoms with E-state index in [9.17, 15) is 0 Å². The third-order valence-electron chi connectivity index (χ3n) is 3.88. The van der Waals surface area contributed by atoms with Crippen molar-refractivity contribution in [2.24, 2.45) is 17.1 Å². The van der Waals surface area contributed by atoms with Gasteiger partial charge in [0.05, 0.1) is 0 Å². The van der Waals surface area contributed by atoms with Crippen LogP contribution in [-0.2, 0) is 0 Å². The van der Waals surface area contributed by atoms with Gasteiger partial charge in [0.25, 0.3) is 0 Å². The Kier molecular flexibility index (Phi) is 5.77. The van der Waals surface area contributed by atoms with E-state index in [1.807, 2.05) is 0 Å². The molecule has 0 aliphatic heterocycles. The molecule has 0 saturated heterocycles. The van der Waals surface area contributed by atoms with E-state index in [-0.39, 0.29) is 0 Å². The lowest BCUT2D eigenvalue weighted by Crippen LogP contribution is -2.42. The van der Waals surface area contributed by atoms with Crippen LogP contribution in [0.3, 0.4) is 0 Å². The van der Waals surface area contributed by atoms with Gasteiger partial charge in [0.15, 0.2) is 0 Å². The van der Waals surface area contributed by atoms with Gasteiger partial charge in [-0.1, -0.05) is 39.5 Å². The van der Waals surface area contributed by atoms with Crippen LogP contribution in [-0.4, -0.2) is 31.6 Å². The van der Waals surface area contributed by atoms with Crippen molar-refractivity contribution in [3.8, 4) is 0 Å². The Bertz CT molecular complexity index is 181. The average Bonchev–Trinajstić information content (AvgIpc) is 2.43. The van der Waals surface area contributed by atoms with E-state index in [0.717, 1.165) is 12.5 Å². The van der Waals surface area contributed by atoms with E-state index in [0.29, 0.717) is 5.41 Å². The molecule has 16 heavy (non-hydrogen) atoms. The summed E-state index contributed by atoms with van der Waals surface area (Å²) in [7, 11) is 2.25. The van der Waals surface area contributed by atoms with Gasteiger partial charge >= 0.3 is 0 Å². The Balaban J connectivity index is 2.50. The van der Waals surface area contributed by atoms with Crippen molar-refractivity contribution in [2.45, 2.75) is 52.4 Å². The first kappa shape index (κ1) is 14.0. The molecule has 1 aliphatic carbocycles. The first-order valence-corrected chi connectivity index (χ1v) is 6.97. The molecule has 2 nitrogen and oxygen atoms in total. The zero-order chi connectivity index (χ0) is 12.0. The van der Waals surface area contributed by atoms with Crippen molar-refractivity contribution in [3.05, 3.63) is 0 Å². The van der Waals surface area contributed by atoms with Crippen LogP contribution in [0.2, 0.25) is 0 Å². The van der Waals surface area contributed by atoms with E-state index in [1.165, 1.54) is 51.6 Å². The fourth-order valence-electron chi connectivity index (χ4n) is 3.17. The van der Waals surface area contributed by atoms with Gasteiger partial charge in [0.1, 0.15) is 0 Å². The van der Waals surface area contributed by atoms with Gasteiger partial charge in [-0.15, -0.1) is 0 Å². The van der Waals surface area contributed by atoms with Crippen molar-refractivity contribution < 1.29 is 0 Å². The van der Waals surface area contributed by atoms with Crippen LogP contribution in [0.1, 0.15) is 52.4 Å². The molecule has 0 unspecified atom stereocenters. The summed E-state index contributed by atoms with van der Waals surface area (Å²) in [6, 6.07) is 0. The molecule has 96 valence electrons. The molecule has 0 aromatic heterocycles. The van der Waals surface area contributed by atoms with Crippen LogP contribution >= 0.6 is 0 Å². The predicted molar refractivity (Wildman–Crippen MR) is 71.5 cm³/mol. The van der Waals surface area contributed by atoms with E-state index >= 15 is 0 Å². The van der Waals surface area contributed by atoms with Gasteiger partial charge in [-0.2, -0.15) is 0 Å². The highest BCUT2D eigenvalue weighted by Gasteiger charge is 2.30. The summed E-state index contributed by atoms with van der Waals surface area (Å²) in [4.78, 5) is 2.49. The number of hydrogen-bond acceptors (Lipinski definition) is 2. The van der Waals surface area contributed by atoms with E-state index in [2.05, 4.69) is 25.8 Å². The van der Waals surface area contributed by atoms with Crippen molar-refractivity contribution >= 4 is 0 Å². The highest BCUT2D eigenvalue weighted by molar-refractivity contribution is 4.85. The summed E-state index contributed by atoms with van der Waals surface area (Å²) < 4.78 is 0. The van der Waals surface area contributed by atoms with Crippen LogP contribution in [0.15, 0.2) is 0 Å². The molecule has 2 heteroatoms. The predicted octanol–water partition coefficient (Wildman–Crippen LogP) is 2.87. The summed E-state index contributed by atoms with van der Waals surface area (Å²) in [5, 5.41) is 0. The second-order valence-corrected chi connectivity index (χ2v) is 6.21. The summed E-state index contributed by atoms with van der Waals surface area (Å²) in [5.74, 6) is 0.755. The molecule has 0 aromatic carbocycles. The fourth-order valence-corrected chi connectivity index (χ4v) is 3.17. The highest BCUT2D eigenvalue weighted by Crippen LogP contribution is 2.34. The Morgan fingerprint density at radius 3 is 2.12 bits per heavy atom. The summed E-state index contributed by atoms with van der Waals surface area (Å²) in [5.41, 5.74) is 6.48. The number of hydrogen-bond donors (Lipinski definition) is 1. The minimum Gasteiger partial charge on any atom is -0.330 e. The van der Waals surface area contributed by atoms with Crippen LogP contribution in [0.4, 0.5) is 0 Å². The SMILES string of the molecule is CC(C)CN(C)CC1(CN)CCCCCC1. The van der Waals surface area contributed by atoms with Gasteiger partial charge in [0, 0.05) is 13.1 Å². The molecule has 0 radical (unpaired) electrons. The monoisotopic (exact) mass is 226 g/mol. The molecule has 1 fully saturated rings. The average molecular weight is 226 g/mol. The van der Waals surface area contributed by atoms with E-state index in [1.54, 1.807) is 0 Å². The van der Waals surface area contributed by atoms with Gasteiger partial charge in [0.2, 0.25) is 0 Å². The maximum Gasteiger partial charge on any atom is 0.00471 e. The molecule has 0 heterocycles. The molecule has 2 N–H and O–H groups in total. The fraction of sp³-hybridized carbons (Fsp3) is 1.00. The first-order chi connectivity index (χ1) is 7.58. The molecule has 0 spiro atoms. The Hall–Kier alpha value is -0.0800. The molecule has 1 saturated carbocycles. The van der Waals surface area contributed by atoms with Crippen LogP contribution in [0.25, 0.3) is 0 Å². The molecular formula is C14H30N2. The molecular weight excluding hydrogens is 196 g/mol. The maximum absolute atomic E-state index is 6.06. The van der Waals surface area contributed by atoms with Gasteiger partial charge < -0.3 is 10.6 Å². The summed E-state index contributed by atoms with van der Waals surface area (Å²) in [6.45, 7) is 7.84. The van der Waals surface area contributed by atoms with Crippen molar-refractivity contribution in [1.82, 2.24) is 4.90 Å². The highest BCUT2D eigenvalue weighted by atomic mass is 15.1. The van der Waals surface area contributed by atoms with Gasteiger partial charge in [-0.05, 0) is 37.8 Å². The molecule has 0 aromatic rings. The van der Waals surface area contributed by atoms with Crippen molar-refractivity contribution in [3.63, 3.8) is 0 Å². The van der Waals surface area contributed by atoms with Gasteiger partial charge in [-0.25, -0.2) is 0 Å². The molecule has 0 amide bonds. The number of nitrogens with zero attached hydrogens (tertiary/aromatic N) is 1. The van der Waals surface area contributed by atoms with Crippen LogP contribution < -0.4 is 5.73 Å². The molecule has 0 bridgehead atoms. The van der Waals surface area contributed by atoms with Gasteiger partial charge in [-0.3, -0.25) is 0 Å². The van der Waals surface area contributed by atoms with Crippen molar-refractivity contribution in [1.29, 1.82) is 0 Å². The topological polar surface area (TPSA) is 29.3 Å². The minimum atomic E-state index is 0.417. The second kappa shape index (κ2) is 6.61. The number of nitrogens with two attached hydrogens (primary N) is 1. The Morgan fingerprint density at radius 1 is 1.12 bits per heavy atom. The maximum atomic E-state index is 6.06. The minimum absolute atomic E-state index is 0.417. The third-order valence-corrected chi connectivity index (χ3v) is 3.88. The number of rotatable bonds is 5. The lowest BCUT2D eigenvalue weighted by molar-refractivity contribution is 0.148. The molecule has 0 atom stereocenters. The smallest absolute Gasteiger partial charge is 0.00471 e. The Labute approximate surface area is 102 Å². The lowest BCUT2D eigenvalue weighted by Gasteiger charge is -2.36. The largest absolute Gasteiger partial charge is 0.330 e. The zero-order valence-corrected chi connectivity index (χ0v) is 11.5. The second-order valence-electron chi connectivity index (χ2n) is 6.21.